The molecular formula is C23H33BrN4O3. The van der Waals surface area contributed by atoms with Gasteiger partial charge in [0.05, 0.1) is 12.2 Å². The van der Waals surface area contributed by atoms with E-state index in [1.54, 1.807) is 6.20 Å². The Morgan fingerprint density at radius 2 is 1.71 bits per heavy atom. The van der Waals surface area contributed by atoms with Gasteiger partial charge in [-0.2, -0.15) is 0 Å². The van der Waals surface area contributed by atoms with Crippen LogP contribution in [0.4, 0.5) is 5.69 Å². The number of aliphatic hydroxyl groups is 1. The van der Waals surface area contributed by atoms with Gasteiger partial charge >= 0.3 is 0 Å². The van der Waals surface area contributed by atoms with Gasteiger partial charge in [0, 0.05) is 89.1 Å². The van der Waals surface area contributed by atoms with Crippen molar-refractivity contribution in [2.75, 3.05) is 71.4 Å². The summed E-state index contributed by atoms with van der Waals surface area (Å²) in [5.41, 5.74) is 2.36. The van der Waals surface area contributed by atoms with Gasteiger partial charge in [-0.1, -0.05) is 15.9 Å². The molecule has 1 aromatic rings. The largest absolute Gasteiger partial charge is 0.395 e. The molecule has 0 spiro atoms. The van der Waals surface area contributed by atoms with Crippen LogP contribution in [-0.4, -0.2) is 93.0 Å². The van der Waals surface area contributed by atoms with E-state index < -0.39 is 0 Å². The second-order valence-electron chi connectivity index (χ2n) is 8.47. The van der Waals surface area contributed by atoms with Crippen LogP contribution in [0.3, 0.4) is 0 Å². The van der Waals surface area contributed by atoms with Crippen LogP contribution >= 0.6 is 15.9 Å². The van der Waals surface area contributed by atoms with Crippen LogP contribution in [0.2, 0.25) is 0 Å². The third kappa shape index (κ3) is 6.38. The predicted octanol–water partition coefficient (Wildman–Crippen LogP) is 1.61. The van der Waals surface area contributed by atoms with Crippen LogP contribution in [0, 0.1) is 0 Å². The molecule has 0 unspecified atom stereocenters. The number of carbonyl (C=O) groups is 2. The molecule has 0 atom stereocenters. The van der Waals surface area contributed by atoms with Gasteiger partial charge in [-0.05, 0) is 29.7 Å². The van der Waals surface area contributed by atoms with E-state index in [1.807, 2.05) is 31.1 Å². The maximum absolute atomic E-state index is 12.7. The number of allylic oxidation sites excluding steroid dienone is 1. The van der Waals surface area contributed by atoms with Gasteiger partial charge in [-0.15, -0.1) is 0 Å². The first kappa shape index (κ1) is 23.9. The van der Waals surface area contributed by atoms with Gasteiger partial charge in [-0.25, -0.2) is 0 Å². The van der Waals surface area contributed by atoms with Crippen molar-refractivity contribution in [1.82, 2.24) is 15.1 Å². The van der Waals surface area contributed by atoms with E-state index in [2.05, 4.69) is 37.1 Å². The summed E-state index contributed by atoms with van der Waals surface area (Å²) >= 11 is 3.58. The normalized spacial score (nSPS) is 20.8. The molecule has 1 saturated carbocycles. The smallest absolute Gasteiger partial charge is 0.168 e. The molecule has 7 nitrogen and oxygen atoms in total. The first-order valence-corrected chi connectivity index (χ1v) is 11.7. The molecule has 31 heavy (non-hydrogen) atoms. The quantitative estimate of drug-likeness (QED) is 0.324. The Hall–Kier alpha value is -1.74. The Morgan fingerprint density at radius 1 is 1.10 bits per heavy atom. The number of nitrogens with zero attached hydrogens (tertiary/aromatic N) is 3. The van der Waals surface area contributed by atoms with Crippen molar-refractivity contribution in [3.63, 3.8) is 0 Å². The Bertz CT molecular complexity index is 799. The fourth-order valence-electron chi connectivity index (χ4n) is 4.17. The van der Waals surface area contributed by atoms with E-state index in [9.17, 15) is 9.59 Å². The van der Waals surface area contributed by atoms with Crippen molar-refractivity contribution < 1.29 is 14.7 Å². The second kappa shape index (κ2) is 11.2. The van der Waals surface area contributed by atoms with Gasteiger partial charge in [0.15, 0.2) is 11.6 Å². The first-order valence-electron chi connectivity index (χ1n) is 10.9. The van der Waals surface area contributed by atoms with Crippen LogP contribution in [0.5, 0.6) is 0 Å². The summed E-state index contributed by atoms with van der Waals surface area (Å²) in [6.07, 6.45) is 2.32. The summed E-state index contributed by atoms with van der Waals surface area (Å²) in [4.78, 5) is 32.1. The number of hydrogen-bond acceptors (Lipinski definition) is 7. The number of nitrogens with one attached hydrogen (secondary N) is 1. The lowest BCUT2D eigenvalue weighted by Crippen LogP contribution is -2.48. The van der Waals surface area contributed by atoms with E-state index in [0.29, 0.717) is 25.0 Å². The van der Waals surface area contributed by atoms with Gasteiger partial charge in [0.1, 0.15) is 0 Å². The van der Waals surface area contributed by atoms with Crippen molar-refractivity contribution in [3.8, 4) is 0 Å². The van der Waals surface area contributed by atoms with Crippen molar-refractivity contribution in [3.05, 3.63) is 40.0 Å². The number of Topliss-reactive ketones (excluding diaryl/α,β-unsaturated/α-hetero) is 2. The third-order valence-electron chi connectivity index (χ3n) is 6.10. The van der Waals surface area contributed by atoms with Gasteiger partial charge in [0.25, 0.3) is 0 Å². The van der Waals surface area contributed by atoms with Crippen molar-refractivity contribution >= 4 is 33.2 Å². The number of halogens is 1. The number of hydrogen-bond donors (Lipinski definition) is 2. The second-order valence-corrected chi connectivity index (χ2v) is 9.33. The molecule has 0 bridgehead atoms. The van der Waals surface area contributed by atoms with Crippen molar-refractivity contribution in [1.29, 1.82) is 0 Å². The molecule has 1 aliphatic carbocycles. The summed E-state index contributed by atoms with van der Waals surface area (Å²) in [5.74, 6) is -0.274. The summed E-state index contributed by atoms with van der Waals surface area (Å²) in [7, 11) is 3.96. The van der Waals surface area contributed by atoms with Crippen LogP contribution < -0.4 is 10.2 Å². The van der Waals surface area contributed by atoms with Crippen LogP contribution in [0.1, 0.15) is 24.3 Å². The Morgan fingerprint density at radius 3 is 2.29 bits per heavy atom. The Kier molecular flexibility index (Phi) is 8.66. The number of piperazine rings is 1. The molecule has 0 amide bonds. The zero-order valence-electron chi connectivity index (χ0n) is 18.4. The minimum Gasteiger partial charge on any atom is -0.395 e. The molecule has 1 aromatic carbocycles. The number of rotatable bonds is 8. The molecule has 1 aliphatic heterocycles. The zero-order chi connectivity index (χ0) is 22.4. The van der Waals surface area contributed by atoms with Crippen molar-refractivity contribution in [2.24, 2.45) is 0 Å². The maximum atomic E-state index is 12.7. The zero-order valence-corrected chi connectivity index (χ0v) is 20.0. The highest BCUT2D eigenvalue weighted by Crippen LogP contribution is 2.37. The fraction of sp³-hybridized carbons (Fsp3) is 0.565. The maximum Gasteiger partial charge on any atom is 0.168 e. The highest BCUT2D eigenvalue weighted by molar-refractivity contribution is 9.10. The lowest BCUT2D eigenvalue weighted by molar-refractivity contribution is -0.124. The molecule has 2 fully saturated rings. The number of benzene rings is 1. The van der Waals surface area contributed by atoms with E-state index >= 15 is 0 Å². The van der Waals surface area contributed by atoms with E-state index in [0.717, 1.165) is 55.0 Å². The highest BCUT2D eigenvalue weighted by atomic mass is 79.9. The summed E-state index contributed by atoms with van der Waals surface area (Å²) in [5, 5.41) is 12.2. The lowest BCUT2D eigenvalue weighted by atomic mass is 9.80. The summed E-state index contributed by atoms with van der Waals surface area (Å²) in [6.45, 7) is 6.37. The SMILES string of the molecule is CN(C)c1ccc(Br)c(C2CC(=O)C(=CNCCN3CCN(CCO)CC3)C(=O)C2)c1. The average Bonchev–Trinajstić information content (AvgIpc) is 2.74. The summed E-state index contributed by atoms with van der Waals surface area (Å²) in [6, 6.07) is 6.06. The highest BCUT2D eigenvalue weighted by Gasteiger charge is 2.32. The molecule has 0 radical (unpaired) electrons. The van der Waals surface area contributed by atoms with Crippen LogP contribution in [0.15, 0.2) is 34.4 Å². The molecular weight excluding hydrogens is 460 g/mol. The van der Waals surface area contributed by atoms with Crippen LogP contribution in [0.25, 0.3) is 0 Å². The molecule has 8 heteroatoms. The topological polar surface area (TPSA) is 76.1 Å². The van der Waals surface area contributed by atoms with Crippen molar-refractivity contribution in [2.45, 2.75) is 18.8 Å². The minimum atomic E-state index is -0.0957. The van der Waals surface area contributed by atoms with E-state index in [4.69, 9.17) is 5.11 Å². The Balaban J connectivity index is 1.51. The number of β-amino-alcohol motifs (C(OH)–C–C–N with tert-alkyl or cyclic N) is 1. The van der Waals surface area contributed by atoms with Gasteiger partial charge < -0.3 is 15.3 Å². The number of ketones is 2. The number of aliphatic hydroxyl groups excluding tert-OH is 1. The lowest BCUT2D eigenvalue weighted by Gasteiger charge is -2.34. The number of carbonyl (C=O) groups excluding carboxylic acids is 2. The predicted molar refractivity (Wildman–Crippen MR) is 127 cm³/mol. The number of anilines is 1. The van der Waals surface area contributed by atoms with Gasteiger partial charge in [-0.3, -0.25) is 19.4 Å². The molecule has 2 N–H and O–H groups in total. The molecule has 1 heterocycles. The summed E-state index contributed by atoms with van der Waals surface area (Å²) < 4.78 is 0.938. The molecule has 3 rings (SSSR count). The molecule has 0 aromatic heterocycles. The third-order valence-corrected chi connectivity index (χ3v) is 6.82. The Labute approximate surface area is 193 Å². The van der Waals surface area contributed by atoms with E-state index in [1.165, 1.54) is 0 Å². The van der Waals surface area contributed by atoms with Gasteiger partial charge in [0.2, 0.25) is 0 Å². The molecule has 170 valence electrons. The standard InChI is InChI=1S/C23H33BrN4O3/c1-26(2)18-3-4-21(24)19(15-18)17-13-22(30)20(23(31)14-17)16-25-5-6-27-7-9-28(10-8-27)11-12-29/h3-4,15-17,25,29H,5-14H2,1-2H3. The molecule has 1 saturated heterocycles. The molecule has 2 aliphatic rings. The minimum absolute atomic E-state index is 0.0893. The van der Waals surface area contributed by atoms with Crippen LogP contribution in [-0.2, 0) is 9.59 Å². The average molecular weight is 493 g/mol. The van der Waals surface area contributed by atoms with E-state index in [-0.39, 0.29) is 24.1 Å². The monoisotopic (exact) mass is 492 g/mol. The fourth-order valence-corrected chi connectivity index (χ4v) is 4.74. The first-order chi connectivity index (χ1) is 14.9.